The predicted molar refractivity (Wildman–Crippen MR) is 118 cm³/mol. The van der Waals surface area contributed by atoms with Crippen molar-refractivity contribution in [2.24, 2.45) is 4.99 Å². The van der Waals surface area contributed by atoms with Crippen LogP contribution in [0.3, 0.4) is 0 Å². The number of aliphatic imine (C=N–C) groups is 1. The summed E-state index contributed by atoms with van der Waals surface area (Å²) in [6.45, 7) is 6.55. The van der Waals surface area contributed by atoms with E-state index in [-0.39, 0.29) is 36.4 Å². The molecule has 3 aliphatic rings. The summed E-state index contributed by atoms with van der Waals surface area (Å²) in [5.41, 5.74) is -0.182. The van der Waals surface area contributed by atoms with Crippen LogP contribution in [-0.2, 0) is 0 Å². The zero-order valence-corrected chi connectivity index (χ0v) is 18.0. The van der Waals surface area contributed by atoms with E-state index < -0.39 is 0 Å². The summed E-state index contributed by atoms with van der Waals surface area (Å²) in [7, 11) is 0. The van der Waals surface area contributed by atoms with Gasteiger partial charge in [-0.2, -0.15) is 0 Å². The van der Waals surface area contributed by atoms with Crippen LogP contribution in [0.5, 0.6) is 0 Å². The molecule has 3 fully saturated rings. The second-order valence-electron chi connectivity index (χ2n) is 7.77. The Morgan fingerprint density at radius 2 is 1.81 bits per heavy atom. The van der Waals surface area contributed by atoms with Gasteiger partial charge in [-0.15, -0.1) is 31.4 Å². The highest BCUT2D eigenvalue weighted by molar-refractivity contribution is 6.10. The summed E-state index contributed by atoms with van der Waals surface area (Å²) in [6, 6.07) is 0.475. The van der Waals surface area contributed by atoms with Crippen molar-refractivity contribution in [2.45, 2.75) is 82.2 Å². The van der Waals surface area contributed by atoms with Gasteiger partial charge in [-0.05, 0) is 58.0 Å². The van der Waals surface area contributed by atoms with Crippen molar-refractivity contribution in [3.8, 4) is 0 Å². The Labute approximate surface area is 176 Å². The number of nitrogens with zero attached hydrogens (tertiary/aromatic N) is 2. The molecule has 0 bridgehead atoms. The summed E-state index contributed by atoms with van der Waals surface area (Å²) < 4.78 is 0. The highest BCUT2D eigenvalue weighted by atomic mass is 35.5. The van der Waals surface area contributed by atoms with E-state index in [2.05, 4.69) is 22.1 Å². The first-order valence-electron chi connectivity index (χ1n) is 10.2. The number of carbonyl (C=O) groups is 1. The molecule has 2 heterocycles. The third-order valence-electron chi connectivity index (χ3n) is 6.04. The van der Waals surface area contributed by atoms with E-state index in [9.17, 15) is 4.79 Å². The van der Waals surface area contributed by atoms with Crippen LogP contribution in [0.4, 0.5) is 4.79 Å². The highest BCUT2D eigenvalue weighted by Gasteiger charge is 2.51. The van der Waals surface area contributed by atoms with E-state index in [1.54, 1.807) is 0 Å². The maximum atomic E-state index is 12.7. The van der Waals surface area contributed by atoms with Gasteiger partial charge in [0.25, 0.3) is 0 Å². The van der Waals surface area contributed by atoms with Crippen molar-refractivity contribution in [2.75, 3.05) is 19.6 Å². The van der Waals surface area contributed by atoms with Crippen LogP contribution in [0.1, 0.15) is 70.6 Å². The number of hydrogen-bond acceptors (Lipinski definition) is 3. The number of unbranched alkanes of at least 4 members (excludes halogenated alkanes) is 3. The minimum Gasteiger partial charge on any atom is -0.317 e. The molecular weight excluding hydrogens is 383 g/mol. The van der Waals surface area contributed by atoms with Gasteiger partial charge in [-0.1, -0.05) is 31.8 Å². The molecule has 1 saturated carbocycles. The highest BCUT2D eigenvalue weighted by Crippen LogP contribution is 2.33. The average molecular weight is 419 g/mol. The average Bonchev–Trinajstić information content (AvgIpc) is 2.88. The number of nitrogens with one attached hydrogen (secondary N) is 2. The standard InChI is InChI=1S/C20H34N4O.2ClH/c1-2-3-4-5-9-16-24-19(25)23-18(20(24)12-14-21-15-13-20)22-17-10-7-6-8-11-17;;/h2,17,21H,1,3-16H2,(H,22,23,25);2*1H. The van der Waals surface area contributed by atoms with Crippen molar-refractivity contribution in [1.29, 1.82) is 0 Å². The maximum Gasteiger partial charge on any atom is 0.323 e. The van der Waals surface area contributed by atoms with Crippen LogP contribution in [0, 0.1) is 0 Å². The van der Waals surface area contributed by atoms with Crippen molar-refractivity contribution in [3.05, 3.63) is 12.7 Å². The van der Waals surface area contributed by atoms with Crippen LogP contribution in [0.25, 0.3) is 0 Å². The summed E-state index contributed by atoms with van der Waals surface area (Å²) in [4.78, 5) is 19.9. The third-order valence-corrected chi connectivity index (χ3v) is 6.04. The fourth-order valence-electron chi connectivity index (χ4n) is 4.55. The first-order valence-corrected chi connectivity index (χ1v) is 10.2. The first kappa shape index (κ1) is 24.3. The van der Waals surface area contributed by atoms with E-state index >= 15 is 0 Å². The van der Waals surface area contributed by atoms with E-state index in [0.717, 1.165) is 64.0 Å². The minimum atomic E-state index is -0.182. The van der Waals surface area contributed by atoms with Gasteiger partial charge in [0.2, 0.25) is 0 Å². The molecule has 2 aliphatic heterocycles. The number of amides is 2. The largest absolute Gasteiger partial charge is 0.323 e. The molecule has 0 aromatic heterocycles. The second-order valence-corrected chi connectivity index (χ2v) is 7.77. The van der Waals surface area contributed by atoms with E-state index in [0.29, 0.717) is 6.04 Å². The molecule has 1 aliphatic carbocycles. The number of amidine groups is 1. The summed E-state index contributed by atoms with van der Waals surface area (Å²) in [5, 5.41) is 6.60. The molecule has 27 heavy (non-hydrogen) atoms. The molecule has 0 aromatic rings. The summed E-state index contributed by atoms with van der Waals surface area (Å²) >= 11 is 0. The van der Waals surface area contributed by atoms with E-state index in [1.807, 2.05) is 6.08 Å². The summed E-state index contributed by atoms with van der Waals surface area (Å²) in [6.07, 6.45) is 14.6. The SMILES string of the molecule is C=CCCCCCN1C(=O)NC(=NC2CCCCC2)C12CCNCC2.Cl.Cl. The Balaban J connectivity index is 0.00000182. The van der Waals surface area contributed by atoms with Crippen molar-refractivity contribution in [1.82, 2.24) is 15.5 Å². The van der Waals surface area contributed by atoms with Gasteiger partial charge in [0, 0.05) is 6.54 Å². The molecular formula is C20H36Cl2N4O. The van der Waals surface area contributed by atoms with Crippen LogP contribution < -0.4 is 10.6 Å². The smallest absolute Gasteiger partial charge is 0.317 e. The Bertz CT molecular complexity index is 500. The topological polar surface area (TPSA) is 56.7 Å². The first-order chi connectivity index (χ1) is 12.3. The molecule has 0 atom stereocenters. The zero-order valence-electron chi connectivity index (χ0n) is 16.4. The predicted octanol–water partition coefficient (Wildman–Crippen LogP) is 4.46. The maximum absolute atomic E-state index is 12.7. The van der Waals surface area contributed by atoms with Gasteiger partial charge >= 0.3 is 6.03 Å². The lowest BCUT2D eigenvalue weighted by Gasteiger charge is -2.40. The molecule has 3 rings (SSSR count). The van der Waals surface area contributed by atoms with Gasteiger partial charge in [0.15, 0.2) is 0 Å². The minimum absolute atomic E-state index is 0. The second kappa shape index (κ2) is 11.9. The number of allylic oxidation sites excluding steroid dienone is 1. The zero-order chi connectivity index (χ0) is 17.5. The summed E-state index contributed by atoms with van der Waals surface area (Å²) in [5.74, 6) is 0.969. The van der Waals surface area contributed by atoms with Crippen LogP contribution in [0.2, 0.25) is 0 Å². The molecule has 1 spiro atoms. The lowest BCUT2D eigenvalue weighted by Crippen LogP contribution is -2.56. The number of urea groups is 1. The van der Waals surface area contributed by atoms with Crippen LogP contribution in [0.15, 0.2) is 17.6 Å². The van der Waals surface area contributed by atoms with Gasteiger partial charge in [0.05, 0.1) is 6.04 Å². The Morgan fingerprint density at radius 3 is 2.48 bits per heavy atom. The number of piperidine rings is 1. The molecule has 7 heteroatoms. The lowest BCUT2D eigenvalue weighted by atomic mass is 9.85. The van der Waals surface area contributed by atoms with Gasteiger partial charge in [-0.3, -0.25) is 10.3 Å². The number of carbonyl (C=O) groups excluding carboxylic acids is 1. The monoisotopic (exact) mass is 418 g/mol. The molecule has 2 amide bonds. The van der Waals surface area contributed by atoms with Gasteiger partial charge < -0.3 is 10.2 Å². The molecule has 0 unspecified atom stereocenters. The molecule has 156 valence electrons. The van der Waals surface area contributed by atoms with Crippen LogP contribution in [-0.4, -0.2) is 48.0 Å². The molecule has 2 saturated heterocycles. The van der Waals surface area contributed by atoms with Gasteiger partial charge in [0.1, 0.15) is 11.4 Å². The van der Waals surface area contributed by atoms with Crippen molar-refractivity contribution >= 4 is 36.7 Å². The van der Waals surface area contributed by atoms with Crippen LogP contribution >= 0.6 is 24.8 Å². The fraction of sp³-hybridized carbons (Fsp3) is 0.800. The number of halogens is 2. The molecule has 5 nitrogen and oxygen atoms in total. The Morgan fingerprint density at radius 1 is 1.11 bits per heavy atom. The van der Waals surface area contributed by atoms with E-state index in [1.165, 1.54) is 32.1 Å². The van der Waals surface area contributed by atoms with Crippen molar-refractivity contribution < 1.29 is 4.79 Å². The Kier molecular flexibility index (Phi) is 10.7. The quantitative estimate of drug-likeness (QED) is 0.473. The third kappa shape index (κ3) is 5.85. The van der Waals surface area contributed by atoms with Gasteiger partial charge in [-0.25, -0.2) is 4.79 Å². The number of rotatable bonds is 7. The van der Waals surface area contributed by atoms with Crippen molar-refractivity contribution in [3.63, 3.8) is 0 Å². The molecule has 0 radical (unpaired) electrons. The molecule has 2 N–H and O–H groups in total. The fourth-order valence-corrected chi connectivity index (χ4v) is 4.55. The van der Waals surface area contributed by atoms with E-state index in [4.69, 9.17) is 4.99 Å². The Hall–Kier alpha value is -0.780. The number of hydrogen-bond donors (Lipinski definition) is 2. The lowest BCUT2D eigenvalue weighted by molar-refractivity contribution is 0.148. The normalized spacial score (nSPS) is 23.6. The molecule has 0 aromatic carbocycles.